The van der Waals surface area contributed by atoms with Crippen LogP contribution in [-0.4, -0.2) is 15.1 Å². The predicted octanol–water partition coefficient (Wildman–Crippen LogP) is 3.85. The van der Waals surface area contributed by atoms with Gasteiger partial charge in [0.2, 0.25) is 0 Å². The van der Waals surface area contributed by atoms with Gasteiger partial charge in [-0.1, -0.05) is 24.3 Å². The number of anilines is 2. The molecule has 0 aliphatic carbocycles. The molecule has 0 radical (unpaired) electrons. The lowest BCUT2D eigenvalue weighted by Crippen LogP contribution is -2.35. The van der Waals surface area contributed by atoms with Crippen molar-refractivity contribution in [2.75, 3.05) is 10.4 Å². The number of aromatic hydroxyl groups is 1. The van der Waals surface area contributed by atoms with Gasteiger partial charge < -0.3 is 10.5 Å². The van der Waals surface area contributed by atoms with E-state index in [1.54, 1.807) is 18.3 Å². The highest BCUT2D eigenvalue weighted by Crippen LogP contribution is 2.32. The van der Waals surface area contributed by atoms with Gasteiger partial charge in [0, 0.05) is 17.1 Å². The Hall–Kier alpha value is -3.64. The molecule has 4 aromatic rings. The molecule has 0 amide bonds. The summed E-state index contributed by atoms with van der Waals surface area (Å²) in [6, 6.07) is 21.3. The minimum absolute atomic E-state index is 0.229. The van der Waals surface area contributed by atoms with Crippen LogP contribution in [-0.2, 0) is 6.54 Å². The molecule has 1 aliphatic heterocycles. The van der Waals surface area contributed by atoms with Crippen molar-refractivity contribution in [1.82, 2.24) is 15.5 Å². The maximum Gasteiger partial charge on any atom is 0.170 e. The number of aromatic nitrogens is 2. The fourth-order valence-corrected chi connectivity index (χ4v) is 3.28. The maximum atomic E-state index is 9.73. The fraction of sp³-hybridized carbons (Fsp3) is 0.0476. The Morgan fingerprint density at radius 2 is 1.93 bits per heavy atom. The summed E-state index contributed by atoms with van der Waals surface area (Å²) < 4.78 is 0. The zero-order valence-corrected chi connectivity index (χ0v) is 14.4. The van der Waals surface area contributed by atoms with Crippen molar-refractivity contribution in [2.24, 2.45) is 0 Å². The van der Waals surface area contributed by atoms with Crippen LogP contribution in [0.2, 0.25) is 0 Å². The minimum atomic E-state index is 0.229. The fourth-order valence-electron chi connectivity index (χ4n) is 3.28. The molecule has 0 atom stereocenters. The van der Waals surface area contributed by atoms with Crippen LogP contribution in [0.4, 0.5) is 11.5 Å². The lowest BCUT2D eigenvalue weighted by atomic mass is 10.1. The number of hydrogen-bond acceptors (Lipinski definition) is 6. The Morgan fingerprint density at radius 1 is 0.963 bits per heavy atom. The van der Waals surface area contributed by atoms with E-state index >= 15 is 0 Å². The monoisotopic (exact) mass is 355 g/mol. The molecular weight excluding hydrogens is 338 g/mol. The first-order chi connectivity index (χ1) is 13.3. The number of rotatable bonds is 3. The molecule has 2 aromatic heterocycles. The summed E-state index contributed by atoms with van der Waals surface area (Å²) in [5.74, 6) is 1.05. The Balaban J connectivity index is 1.47. The zero-order chi connectivity index (χ0) is 18.2. The van der Waals surface area contributed by atoms with E-state index in [1.807, 2.05) is 41.4 Å². The van der Waals surface area contributed by atoms with Gasteiger partial charge in [0.15, 0.2) is 5.82 Å². The van der Waals surface area contributed by atoms with Crippen LogP contribution in [0.25, 0.3) is 22.2 Å². The van der Waals surface area contributed by atoms with E-state index in [-0.39, 0.29) is 5.75 Å². The van der Waals surface area contributed by atoms with Gasteiger partial charge in [-0.05, 0) is 48.0 Å². The number of benzene rings is 2. The third-order valence-corrected chi connectivity index (χ3v) is 4.61. The second-order valence-electron chi connectivity index (χ2n) is 6.47. The average Bonchev–Trinajstić information content (AvgIpc) is 3.10. The molecule has 0 saturated carbocycles. The van der Waals surface area contributed by atoms with Gasteiger partial charge in [-0.3, -0.25) is 9.99 Å². The van der Waals surface area contributed by atoms with Crippen molar-refractivity contribution in [3.05, 3.63) is 78.5 Å². The smallest absolute Gasteiger partial charge is 0.170 e. The van der Waals surface area contributed by atoms with Gasteiger partial charge in [0.25, 0.3) is 0 Å². The van der Waals surface area contributed by atoms with Gasteiger partial charge >= 0.3 is 0 Å². The van der Waals surface area contributed by atoms with Gasteiger partial charge in [-0.15, -0.1) is 5.53 Å². The van der Waals surface area contributed by atoms with Gasteiger partial charge in [-0.2, -0.15) is 0 Å². The van der Waals surface area contributed by atoms with Crippen molar-refractivity contribution in [1.29, 1.82) is 0 Å². The largest absolute Gasteiger partial charge is 0.508 e. The lowest BCUT2D eigenvalue weighted by Gasteiger charge is -2.17. The first kappa shape index (κ1) is 15.6. The Bertz CT molecular complexity index is 1140. The highest BCUT2D eigenvalue weighted by molar-refractivity contribution is 5.79. The number of hydrogen-bond donors (Lipinski definition) is 3. The first-order valence-electron chi connectivity index (χ1n) is 8.70. The van der Waals surface area contributed by atoms with E-state index < -0.39 is 0 Å². The minimum Gasteiger partial charge on any atom is -0.508 e. The molecule has 0 spiro atoms. The summed E-state index contributed by atoms with van der Waals surface area (Å²) >= 11 is 0. The summed E-state index contributed by atoms with van der Waals surface area (Å²) in [4.78, 5) is 9.15. The van der Waals surface area contributed by atoms with E-state index in [1.165, 1.54) is 0 Å². The van der Waals surface area contributed by atoms with Crippen molar-refractivity contribution < 1.29 is 5.11 Å². The first-order valence-corrected chi connectivity index (χ1v) is 8.70. The zero-order valence-electron chi connectivity index (χ0n) is 14.4. The van der Waals surface area contributed by atoms with Gasteiger partial charge in [-0.25, -0.2) is 4.98 Å². The van der Waals surface area contributed by atoms with Crippen molar-refractivity contribution >= 4 is 22.4 Å². The lowest BCUT2D eigenvalue weighted by molar-refractivity contribution is 0.475. The SMILES string of the molecule is Oc1cccc(-c2ccc3c(n2)N(Cc2ccc4ncccc4c2)NN3)c1. The van der Waals surface area contributed by atoms with Gasteiger partial charge in [0.1, 0.15) is 5.75 Å². The quantitative estimate of drug-likeness (QED) is 0.518. The number of pyridine rings is 2. The van der Waals surface area contributed by atoms with E-state index in [4.69, 9.17) is 4.98 Å². The summed E-state index contributed by atoms with van der Waals surface area (Å²) in [5.41, 5.74) is 11.1. The van der Waals surface area contributed by atoms with Crippen LogP contribution in [0.5, 0.6) is 5.75 Å². The number of nitrogens with one attached hydrogen (secondary N) is 2. The molecule has 132 valence electrons. The molecular formula is C21H17N5O. The van der Waals surface area contributed by atoms with E-state index in [2.05, 4.69) is 34.1 Å². The molecule has 0 saturated heterocycles. The number of phenolic OH excluding ortho intramolecular Hbond substituents is 1. The standard InChI is InChI=1S/C21H17N5O/c27-17-5-1-3-16(12-17)19-8-9-20-21(23-19)26(25-24-20)13-14-6-7-18-15(11-14)4-2-10-22-18/h1-12,24-25,27H,13H2. The topological polar surface area (TPSA) is 73.3 Å². The average molecular weight is 355 g/mol. The van der Waals surface area contributed by atoms with E-state index in [0.717, 1.165) is 39.2 Å². The predicted molar refractivity (Wildman–Crippen MR) is 106 cm³/mol. The number of hydrazine groups is 2. The molecule has 0 unspecified atom stereocenters. The van der Waals surface area contributed by atoms with Crippen molar-refractivity contribution in [3.63, 3.8) is 0 Å². The molecule has 27 heavy (non-hydrogen) atoms. The van der Waals surface area contributed by atoms with Crippen molar-refractivity contribution in [2.45, 2.75) is 6.54 Å². The van der Waals surface area contributed by atoms with E-state index in [9.17, 15) is 5.11 Å². The van der Waals surface area contributed by atoms with Crippen LogP contribution in [0, 0.1) is 0 Å². The molecule has 6 heteroatoms. The van der Waals surface area contributed by atoms with Crippen LogP contribution in [0.15, 0.2) is 72.9 Å². The van der Waals surface area contributed by atoms with E-state index in [0.29, 0.717) is 6.54 Å². The molecule has 3 N–H and O–H groups in total. The van der Waals surface area contributed by atoms with Crippen LogP contribution >= 0.6 is 0 Å². The molecule has 5 rings (SSSR count). The Morgan fingerprint density at radius 3 is 2.85 bits per heavy atom. The molecule has 0 fully saturated rings. The summed E-state index contributed by atoms with van der Waals surface area (Å²) in [6.07, 6.45) is 1.80. The number of phenols is 1. The summed E-state index contributed by atoms with van der Waals surface area (Å²) in [7, 11) is 0. The second-order valence-corrected chi connectivity index (χ2v) is 6.47. The van der Waals surface area contributed by atoms with Crippen LogP contribution in [0.1, 0.15) is 5.56 Å². The maximum absolute atomic E-state index is 9.73. The highest BCUT2D eigenvalue weighted by Gasteiger charge is 2.21. The third kappa shape index (κ3) is 2.92. The number of fused-ring (bicyclic) bond motifs is 2. The Kier molecular flexibility index (Phi) is 3.62. The molecule has 6 nitrogen and oxygen atoms in total. The molecule has 1 aliphatic rings. The molecule has 0 bridgehead atoms. The third-order valence-electron chi connectivity index (χ3n) is 4.61. The number of nitrogens with zero attached hydrogens (tertiary/aromatic N) is 3. The summed E-state index contributed by atoms with van der Waals surface area (Å²) in [6.45, 7) is 0.654. The van der Waals surface area contributed by atoms with Crippen LogP contribution in [0.3, 0.4) is 0 Å². The molecule has 3 heterocycles. The molecule has 2 aromatic carbocycles. The normalized spacial score (nSPS) is 12.8. The van der Waals surface area contributed by atoms with Gasteiger partial charge in [0.05, 0.1) is 23.4 Å². The summed E-state index contributed by atoms with van der Waals surface area (Å²) in [5, 5.41) is 12.8. The highest BCUT2D eigenvalue weighted by atomic mass is 16.3. The van der Waals surface area contributed by atoms with Crippen molar-refractivity contribution in [3.8, 4) is 17.0 Å². The second kappa shape index (κ2) is 6.26. The Labute approximate surface area is 156 Å². The van der Waals surface area contributed by atoms with Crippen LogP contribution < -0.4 is 16.0 Å².